The van der Waals surface area contributed by atoms with Crippen molar-refractivity contribution >= 4 is 49.6 Å². The fourth-order valence-corrected chi connectivity index (χ4v) is 6.91. The Bertz CT molecular complexity index is 577. The van der Waals surface area contributed by atoms with Crippen molar-refractivity contribution in [2.75, 3.05) is 13.2 Å². The largest absolute Gasteiger partial charge is 0.376 e. The summed E-state index contributed by atoms with van der Waals surface area (Å²) in [5.74, 6) is -0.841. The predicted molar refractivity (Wildman–Crippen MR) is 97.3 cm³/mol. The van der Waals surface area contributed by atoms with Gasteiger partial charge in [-0.3, -0.25) is 19.3 Å². The summed E-state index contributed by atoms with van der Waals surface area (Å²) in [6.45, 7) is 2.80. The van der Waals surface area contributed by atoms with Crippen LogP contribution in [0.3, 0.4) is 0 Å². The fourth-order valence-electron chi connectivity index (χ4n) is 5.04. The monoisotopic (exact) mass is 476 g/mol. The van der Waals surface area contributed by atoms with Crippen molar-refractivity contribution in [2.24, 2.45) is 23.7 Å². The first-order valence-electron chi connectivity index (χ1n) is 8.96. The van der Waals surface area contributed by atoms with E-state index >= 15 is 0 Å². The van der Waals surface area contributed by atoms with Gasteiger partial charge in [0.2, 0.25) is 17.7 Å². The molecule has 8 atom stereocenters. The maximum atomic E-state index is 12.9. The molecule has 8 heteroatoms. The quantitative estimate of drug-likeness (QED) is 0.491. The number of amides is 3. The summed E-state index contributed by atoms with van der Waals surface area (Å²) < 4.78 is 5.50. The normalized spacial score (nSPS) is 43.6. The SMILES string of the molecule is C[C@@H](C(=O)NC[C@@H]1CCCO1)N1C(=O)[C@@H]2[C@@H]3C[C@@H]([C@@H](Br)[C@H]3Br)[C@@H]2C1=O. The van der Waals surface area contributed by atoms with Gasteiger partial charge in [-0.1, -0.05) is 31.9 Å². The molecule has 2 aliphatic carbocycles. The lowest BCUT2D eigenvalue weighted by molar-refractivity contribution is -0.148. The van der Waals surface area contributed by atoms with Crippen molar-refractivity contribution in [3.8, 4) is 0 Å². The summed E-state index contributed by atoms with van der Waals surface area (Å²) in [6.07, 6.45) is 2.88. The Morgan fingerprint density at radius 3 is 2.36 bits per heavy atom. The molecular formula is C17H22Br2N2O4. The number of fused-ring (bicyclic) bond motifs is 5. The molecule has 0 aromatic heterocycles. The number of halogens is 2. The summed E-state index contributed by atoms with van der Waals surface area (Å²) in [4.78, 5) is 39.9. The van der Waals surface area contributed by atoms with Crippen LogP contribution in [0.4, 0.5) is 0 Å². The first kappa shape index (κ1) is 17.9. The second-order valence-corrected chi connectivity index (χ2v) is 9.72. The minimum absolute atomic E-state index is 0.0414. The summed E-state index contributed by atoms with van der Waals surface area (Å²) >= 11 is 7.34. The van der Waals surface area contributed by atoms with Gasteiger partial charge in [-0.25, -0.2) is 0 Å². The van der Waals surface area contributed by atoms with Crippen LogP contribution in [0.5, 0.6) is 0 Å². The van der Waals surface area contributed by atoms with E-state index in [1.165, 1.54) is 4.90 Å². The first-order valence-corrected chi connectivity index (χ1v) is 10.8. The third kappa shape index (κ3) is 2.70. The molecule has 1 N–H and O–H groups in total. The van der Waals surface area contributed by atoms with Crippen LogP contribution in [0, 0.1) is 23.7 Å². The van der Waals surface area contributed by atoms with Crippen molar-refractivity contribution in [2.45, 2.75) is 48.0 Å². The molecule has 6 nitrogen and oxygen atoms in total. The third-order valence-electron chi connectivity index (χ3n) is 6.32. The Kier molecular flexibility index (Phi) is 4.73. The maximum absolute atomic E-state index is 12.9. The van der Waals surface area contributed by atoms with E-state index in [-0.39, 0.29) is 57.2 Å². The van der Waals surface area contributed by atoms with Crippen LogP contribution in [0.25, 0.3) is 0 Å². The van der Waals surface area contributed by atoms with Gasteiger partial charge in [0, 0.05) is 22.8 Å². The van der Waals surface area contributed by atoms with Crippen molar-refractivity contribution in [3.63, 3.8) is 0 Å². The van der Waals surface area contributed by atoms with Gasteiger partial charge in [0.05, 0.1) is 17.9 Å². The highest BCUT2D eigenvalue weighted by Crippen LogP contribution is 2.60. The lowest BCUT2D eigenvalue weighted by Gasteiger charge is -2.28. The van der Waals surface area contributed by atoms with Crippen LogP contribution in [0.15, 0.2) is 0 Å². The summed E-state index contributed by atoms with van der Waals surface area (Å²) in [7, 11) is 0. The minimum atomic E-state index is -0.769. The number of ether oxygens (including phenoxy) is 1. The zero-order chi connectivity index (χ0) is 17.9. The van der Waals surface area contributed by atoms with Gasteiger partial charge in [-0.2, -0.15) is 0 Å². The van der Waals surface area contributed by atoms with Gasteiger partial charge in [-0.05, 0) is 38.0 Å². The zero-order valence-electron chi connectivity index (χ0n) is 14.0. The molecule has 2 saturated carbocycles. The van der Waals surface area contributed by atoms with Gasteiger partial charge in [-0.15, -0.1) is 0 Å². The van der Waals surface area contributed by atoms with E-state index in [1.54, 1.807) is 6.92 Å². The van der Waals surface area contributed by atoms with E-state index in [1.807, 2.05) is 0 Å². The molecule has 2 saturated heterocycles. The maximum Gasteiger partial charge on any atom is 0.243 e. The number of imide groups is 1. The highest BCUT2D eigenvalue weighted by atomic mass is 79.9. The first-order chi connectivity index (χ1) is 11.9. The summed E-state index contributed by atoms with van der Waals surface area (Å²) in [5, 5.41) is 2.84. The summed E-state index contributed by atoms with van der Waals surface area (Å²) in [5.41, 5.74) is 0. The fraction of sp³-hybridized carbons (Fsp3) is 0.824. The highest BCUT2D eigenvalue weighted by molar-refractivity contribution is 9.12. The van der Waals surface area contributed by atoms with E-state index < -0.39 is 6.04 Å². The van der Waals surface area contributed by atoms with Crippen molar-refractivity contribution in [3.05, 3.63) is 0 Å². The molecule has 4 rings (SSSR count). The Balaban J connectivity index is 1.45. The molecule has 2 bridgehead atoms. The Morgan fingerprint density at radius 1 is 1.24 bits per heavy atom. The highest BCUT2D eigenvalue weighted by Gasteiger charge is 2.67. The molecular weight excluding hydrogens is 456 g/mol. The third-order valence-corrected chi connectivity index (χ3v) is 9.52. The van der Waals surface area contributed by atoms with E-state index in [2.05, 4.69) is 37.2 Å². The molecule has 25 heavy (non-hydrogen) atoms. The number of nitrogens with one attached hydrogen (secondary N) is 1. The number of rotatable bonds is 4. The number of likely N-dealkylation sites (tertiary alicyclic amines) is 1. The molecule has 3 amide bonds. The van der Waals surface area contributed by atoms with Crippen LogP contribution in [0.1, 0.15) is 26.2 Å². The molecule has 0 radical (unpaired) electrons. The zero-order valence-corrected chi connectivity index (χ0v) is 17.2. The van der Waals surface area contributed by atoms with E-state index in [4.69, 9.17) is 4.74 Å². The molecule has 2 heterocycles. The Morgan fingerprint density at radius 2 is 1.84 bits per heavy atom. The molecule has 4 fully saturated rings. The van der Waals surface area contributed by atoms with Crippen molar-refractivity contribution in [1.29, 1.82) is 0 Å². The number of carbonyl (C=O) groups is 3. The van der Waals surface area contributed by atoms with Crippen LogP contribution >= 0.6 is 31.9 Å². The second kappa shape index (κ2) is 6.60. The molecule has 0 aromatic rings. The molecule has 138 valence electrons. The molecule has 2 aliphatic heterocycles. The molecule has 0 unspecified atom stereocenters. The number of nitrogens with zero attached hydrogens (tertiary/aromatic N) is 1. The Hall–Kier alpha value is -0.470. The number of carbonyl (C=O) groups excluding carboxylic acids is 3. The molecule has 0 spiro atoms. The summed E-state index contributed by atoms with van der Waals surface area (Å²) in [6, 6.07) is -0.769. The van der Waals surface area contributed by atoms with Gasteiger partial charge in [0.25, 0.3) is 0 Å². The second-order valence-electron chi connectivity index (χ2n) is 7.61. The van der Waals surface area contributed by atoms with Gasteiger partial charge in [0.15, 0.2) is 0 Å². The standard InChI is InChI=1S/C17H22Br2N2O4/c1-7(15(22)20-6-8-3-2-4-25-8)21-16(23)11-9-5-10(12(11)17(21)24)14(19)13(9)18/h7-14H,2-6H2,1H3,(H,20,22)/t7-,8-,9-,10+,11+,12-,13-,14+/m0/s1. The number of hydrogen-bond donors (Lipinski definition) is 1. The molecule has 4 aliphatic rings. The van der Waals surface area contributed by atoms with Gasteiger partial charge in [0.1, 0.15) is 6.04 Å². The van der Waals surface area contributed by atoms with E-state index in [9.17, 15) is 14.4 Å². The van der Waals surface area contributed by atoms with Crippen LogP contribution in [-0.4, -0.2) is 57.6 Å². The lowest BCUT2D eigenvalue weighted by atomic mass is 9.81. The number of hydrogen-bond acceptors (Lipinski definition) is 4. The molecule has 0 aromatic carbocycles. The van der Waals surface area contributed by atoms with Gasteiger partial charge < -0.3 is 10.1 Å². The minimum Gasteiger partial charge on any atom is -0.376 e. The van der Waals surface area contributed by atoms with Crippen LogP contribution in [-0.2, 0) is 19.1 Å². The predicted octanol–water partition coefficient (Wildman–Crippen LogP) is 1.45. The van der Waals surface area contributed by atoms with Crippen molar-refractivity contribution in [1.82, 2.24) is 10.2 Å². The van der Waals surface area contributed by atoms with Crippen LogP contribution in [0.2, 0.25) is 0 Å². The van der Waals surface area contributed by atoms with E-state index in [0.29, 0.717) is 6.54 Å². The van der Waals surface area contributed by atoms with Crippen LogP contribution < -0.4 is 5.32 Å². The topological polar surface area (TPSA) is 75.7 Å². The van der Waals surface area contributed by atoms with Crippen molar-refractivity contribution < 1.29 is 19.1 Å². The average Bonchev–Trinajstić information content (AvgIpc) is 3.33. The number of alkyl halides is 2. The van der Waals surface area contributed by atoms with Gasteiger partial charge >= 0.3 is 0 Å². The smallest absolute Gasteiger partial charge is 0.243 e. The lowest BCUT2D eigenvalue weighted by Crippen LogP contribution is -2.50. The van der Waals surface area contributed by atoms with E-state index in [0.717, 1.165) is 25.9 Å². The Labute approximate surface area is 163 Å². The average molecular weight is 478 g/mol.